The summed E-state index contributed by atoms with van der Waals surface area (Å²) in [6.07, 6.45) is 0.110. The molecule has 0 amide bonds. The number of halogens is 2. The van der Waals surface area contributed by atoms with Gasteiger partial charge >= 0.3 is 0 Å². The minimum Gasteiger partial charge on any atom is -0.491 e. The highest BCUT2D eigenvalue weighted by atomic mass is 19.1. The third-order valence-corrected chi connectivity index (χ3v) is 3.08. The van der Waals surface area contributed by atoms with E-state index in [1.165, 1.54) is 18.2 Å². The minimum absolute atomic E-state index is 0.104. The van der Waals surface area contributed by atoms with Crippen LogP contribution in [0.15, 0.2) is 42.5 Å². The summed E-state index contributed by atoms with van der Waals surface area (Å²) in [6.45, 7) is 5.77. The van der Waals surface area contributed by atoms with Crippen molar-refractivity contribution >= 4 is 5.69 Å². The Balaban J connectivity index is 2.11. The zero-order chi connectivity index (χ0) is 15.4. The van der Waals surface area contributed by atoms with Crippen molar-refractivity contribution in [2.75, 3.05) is 5.32 Å². The quantitative estimate of drug-likeness (QED) is 0.843. The lowest BCUT2D eigenvalue weighted by molar-refractivity contribution is 0.242. The zero-order valence-electron chi connectivity index (χ0n) is 12.4. The van der Waals surface area contributed by atoms with E-state index in [-0.39, 0.29) is 17.8 Å². The van der Waals surface area contributed by atoms with Crippen molar-refractivity contribution in [1.29, 1.82) is 0 Å². The first-order chi connectivity index (χ1) is 9.97. The number of nitrogens with one attached hydrogen (secondary N) is 1. The molecular formula is C17H19F2NO. The molecule has 0 fully saturated rings. The van der Waals surface area contributed by atoms with Crippen molar-refractivity contribution in [2.24, 2.45) is 0 Å². The Bertz CT molecular complexity index is 576. The van der Waals surface area contributed by atoms with Gasteiger partial charge in [-0.05, 0) is 50.6 Å². The van der Waals surface area contributed by atoms with Gasteiger partial charge in [-0.25, -0.2) is 8.78 Å². The summed E-state index contributed by atoms with van der Waals surface area (Å²) in [5.74, 6) is -0.416. The monoisotopic (exact) mass is 291 g/mol. The number of hydrogen-bond acceptors (Lipinski definition) is 2. The Morgan fingerprint density at radius 1 is 0.905 bits per heavy atom. The van der Waals surface area contributed by atoms with Gasteiger partial charge in [0.2, 0.25) is 0 Å². The lowest BCUT2D eigenvalue weighted by Gasteiger charge is -2.17. The molecular weight excluding hydrogens is 272 g/mol. The topological polar surface area (TPSA) is 21.3 Å². The molecule has 0 aliphatic heterocycles. The molecule has 0 aliphatic rings. The van der Waals surface area contributed by atoms with Crippen molar-refractivity contribution in [3.05, 3.63) is 59.7 Å². The minimum atomic E-state index is -0.596. The molecule has 2 aromatic rings. The van der Waals surface area contributed by atoms with E-state index in [4.69, 9.17) is 4.74 Å². The fourth-order valence-electron chi connectivity index (χ4n) is 2.04. The molecule has 1 N–H and O–H groups in total. The standard InChI is InChI=1S/C17H19F2NO/c1-11(2)21-14-9-7-13(8-10-14)12(3)20-17-15(18)5-4-6-16(17)19/h4-12,20H,1-3H3. The lowest BCUT2D eigenvalue weighted by Crippen LogP contribution is -2.10. The lowest BCUT2D eigenvalue weighted by atomic mass is 10.1. The van der Waals surface area contributed by atoms with Crippen LogP contribution in [0, 0.1) is 11.6 Å². The van der Waals surface area contributed by atoms with Gasteiger partial charge in [0.15, 0.2) is 0 Å². The number of benzene rings is 2. The van der Waals surface area contributed by atoms with E-state index >= 15 is 0 Å². The SMILES string of the molecule is CC(C)Oc1ccc(C(C)Nc2c(F)cccc2F)cc1. The number of ether oxygens (including phenoxy) is 1. The highest BCUT2D eigenvalue weighted by Gasteiger charge is 2.12. The molecule has 21 heavy (non-hydrogen) atoms. The van der Waals surface area contributed by atoms with Crippen molar-refractivity contribution in [1.82, 2.24) is 0 Å². The van der Waals surface area contributed by atoms with Gasteiger partial charge < -0.3 is 10.1 Å². The maximum atomic E-state index is 13.6. The number of hydrogen-bond donors (Lipinski definition) is 1. The second kappa shape index (κ2) is 6.57. The Morgan fingerprint density at radius 2 is 1.48 bits per heavy atom. The van der Waals surface area contributed by atoms with Gasteiger partial charge in [0, 0.05) is 6.04 Å². The molecule has 0 saturated heterocycles. The molecule has 0 aromatic heterocycles. The summed E-state index contributed by atoms with van der Waals surface area (Å²) in [7, 11) is 0. The fourth-order valence-corrected chi connectivity index (χ4v) is 2.04. The first kappa shape index (κ1) is 15.3. The molecule has 0 aliphatic carbocycles. The van der Waals surface area contributed by atoms with E-state index in [1.807, 2.05) is 45.0 Å². The Kier molecular flexibility index (Phi) is 4.78. The second-order valence-corrected chi connectivity index (χ2v) is 5.20. The summed E-state index contributed by atoms with van der Waals surface area (Å²) in [4.78, 5) is 0. The van der Waals surface area contributed by atoms with Crippen molar-refractivity contribution in [3.8, 4) is 5.75 Å². The Hall–Kier alpha value is -2.10. The predicted octanol–water partition coefficient (Wildman–Crippen LogP) is 4.93. The van der Waals surface area contributed by atoms with Gasteiger partial charge in [0.1, 0.15) is 23.1 Å². The van der Waals surface area contributed by atoms with Crippen LogP contribution in [0.25, 0.3) is 0 Å². The summed E-state index contributed by atoms with van der Waals surface area (Å²) in [5, 5.41) is 2.86. The summed E-state index contributed by atoms with van der Waals surface area (Å²) < 4.78 is 32.8. The van der Waals surface area contributed by atoms with E-state index in [2.05, 4.69) is 5.32 Å². The van der Waals surface area contributed by atoms with Gasteiger partial charge in [0.25, 0.3) is 0 Å². The fraction of sp³-hybridized carbons (Fsp3) is 0.294. The van der Waals surface area contributed by atoms with Gasteiger partial charge in [-0.3, -0.25) is 0 Å². The van der Waals surface area contributed by atoms with Crippen LogP contribution in [0.2, 0.25) is 0 Å². The molecule has 1 atom stereocenters. The van der Waals surface area contributed by atoms with Crippen LogP contribution in [0.1, 0.15) is 32.4 Å². The molecule has 2 rings (SSSR count). The molecule has 0 spiro atoms. The Labute approximate surface area is 123 Å². The third-order valence-electron chi connectivity index (χ3n) is 3.08. The molecule has 0 heterocycles. The third kappa shape index (κ3) is 3.94. The van der Waals surface area contributed by atoms with Crippen LogP contribution in [-0.2, 0) is 0 Å². The summed E-state index contributed by atoms with van der Waals surface area (Å²) >= 11 is 0. The van der Waals surface area contributed by atoms with Crippen LogP contribution < -0.4 is 10.1 Å². The summed E-state index contributed by atoms with van der Waals surface area (Å²) in [5.41, 5.74) is 0.821. The van der Waals surface area contributed by atoms with Crippen molar-refractivity contribution < 1.29 is 13.5 Å². The van der Waals surface area contributed by atoms with E-state index in [1.54, 1.807) is 0 Å². The Morgan fingerprint density at radius 3 is 2.00 bits per heavy atom. The van der Waals surface area contributed by atoms with E-state index in [0.717, 1.165) is 11.3 Å². The van der Waals surface area contributed by atoms with E-state index < -0.39 is 11.6 Å². The van der Waals surface area contributed by atoms with Crippen LogP contribution in [0.4, 0.5) is 14.5 Å². The van der Waals surface area contributed by atoms with Crippen LogP contribution >= 0.6 is 0 Å². The van der Waals surface area contributed by atoms with Crippen LogP contribution in [0.3, 0.4) is 0 Å². The summed E-state index contributed by atoms with van der Waals surface area (Å²) in [6, 6.07) is 11.1. The van der Waals surface area contributed by atoms with Gasteiger partial charge in [-0.1, -0.05) is 18.2 Å². The molecule has 2 nitrogen and oxygen atoms in total. The van der Waals surface area contributed by atoms with Crippen LogP contribution in [-0.4, -0.2) is 6.10 Å². The zero-order valence-corrected chi connectivity index (χ0v) is 12.4. The van der Waals surface area contributed by atoms with E-state index in [0.29, 0.717) is 0 Å². The van der Waals surface area contributed by atoms with Crippen LogP contribution in [0.5, 0.6) is 5.75 Å². The molecule has 112 valence electrons. The van der Waals surface area contributed by atoms with Gasteiger partial charge in [-0.2, -0.15) is 0 Å². The highest BCUT2D eigenvalue weighted by molar-refractivity contribution is 5.48. The average molecular weight is 291 g/mol. The maximum Gasteiger partial charge on any atom is 0.149 e. The van der Waals surface area contributed by atoms with E-state index in [9.17, 15) is 8.78 Å². The molecule has 2 aromatic carbocycles. The molecule has 0 saturated carbocycles. The molecule has 4 heteroatoms. The number of para-hydroxylation sites is 1. The van der Waals surface area contributed by atoms with Crippen molar-refractivity contribution in [3.63, 3.8) is 0 Å². The number of rotatable bonds is 5. The average Bonchev–Trinajstić information content (AvgIpc) is 2.43. The second-order valence-electron chi connectivity index (χ2n) is 5.20. The number of anilines is 1. The molecule has 0 radical (unpaired) electrons. The maximum absolute atomic E-state index is 13.6. The normalized spacial score (nSPS) is 12.3. The van der Waals surface area contributed by atoms with Gasteiger partial charge in [0.05, 0.1) is 6.10 Å². The van der Waals surface area contributed by atoms with Gasteiger partial charge in [-0.15, -0.1) is 0 Å². The van der Waals surface area contributed by atoms with Crippen molar-refractivity contribution in [2.45, 2.75) is 32.9 Å². The predicted molar refractivity (Wildman–Crippen MR) is 80.6 cm³/mol. The first-order valence-corrected chi connectivity index (χ1v) is 6.94. The molecule has 0 bridgehead atoms. The largest absolute Gasteiger partial charge is 0.491 e. The molecule has 1 unspecified atom stereocenters. The smallest absolute Gasteiger partial charge is 0.149 e. The highest BCUT2D eigenvalue weighted by Crippen LogP contribution is 2.25. The first-order valence-electron chi connectivity index (χ1n) is 6.94.